The van der Waals surface area contributed by atoms with Crippen LogP contribution in [0.15, 0.2) is 53.7 Å². The summed E-state index contributed by atoms with van der Waals surface area (Å²) < 4.78 is 13.2. The summed E-state index contributed by atoms with van der Waals surface area (Å²) in [6.45, 7) is 0.639. The minimum absolute atomic E-state index is 0.0787. The lowest BCUT2D eigenvalue weighted by atomic mass is 10.1. The molecule has 0 fully saturated rings. The molecule has 0 aromatic heterocycles. The quantitative estimate of drug-likeness (QED) is 0.389. The summed E-state index contributed by atoms with van der Waals surface area (Å²) in [5, 5.41) is 11.5. The third-order valence-electron chi connectivity index (χ3n) is 3.03. The van der Waals surface area contributed by atoms with Gasteiger partial charge in [0.25, 0.3) is 0 Å². The number of amidine groups is 1. The second kappa shape index (κ2) is 6.06. The second-order valence-corrected chi connectivity index (χ2v) is 4.52. The smallest absolute Gasteiger partial charge is 0.170 e. The van der Waals surface area contributed by atoms with Crippen LogP contribution in [-0.4, -0.2) is 18.1 Å². The third kappa shape index (κ3) is 3.26. The van der Waals surface area contributed by atoms with Crippen molar-refractivity contribution < 1.29 is 9.60 Å². The highest BCUT2D eigenvalue weighted by molar-refractivity contribution is 5.96. The molecule has 3 N–H and O–H groups in total. The van der Waals surface area contributed by atoms with Gasteiger partial charge in [-0.25, -0.2) is 4.39 Å². The molecule has 0 aliphatic rings. The Morgan fingerprint density at radius 3 is 2.55 bits per heavy atom. The normalized spacial score (nSPS) is 11.4. The first kappa shape index (κ1) is 13.9. The van der Waals surface area contributed by atoms with E-state index in [2.05, 4.69) is 5.16 Å². The average Bonchev–Trinajstić information content (AvgIpc) is 2.47. The first-order chi connectivity index (χ1) is 9.60. The van der Waals surface area contributed by atoms with E-state index in [0.29, 0.717) is 12.1 Å². The third-order valence-corrected chi connectivity index (χ3v) is 3.03. The number of nitrogens with two attached hydrogens (primary N) is 1. The lowest BCUT2D eigenvalue weighted by Gasteiger charge is -2.19. The summed E-state index contributed by atoms with van der Waals surface area (Å²) in [6.07, 6.45) is 0. The van der Waals surface area contributed by atoms with Gasteiger partial charge in [0.15, 0.2) is 5.84 Å². The molecule has 0 unspecified atom stereocenters. The largest absolute Gasteiger partial charge is 0.409 e. The zero-order chi connectivity index (χ0) is 14.5. The minimum Gasteiger partial charge on any atom is -0.409 e. The van der Waals surface area contributed by atoms with Gasteiger partial charge in [-0.05, 0) is 23.8 Å². The van der Waals surface area contributed by atoms with E-state index in [1.165, 1.54) is 12.1 Å². The van der Waals surface area contributed by atoms with Gasteiger partial charge in [0, 0.05) is 24.8 Å². The number of anilines is 1. The van der Waals surface area contributed by atoms with Crippen molar-refractivity contribution in [3.05, 3.63) is 65.5 Å². The monoisotopic (exact) mass is 273 g/mol. The molecule has 0 amide bonds. The number of nitrogens with zero attached hydrogens (tertiary/aromatic N) is 2. The van der Waals surface area contributed by atoms with Gasteiger partial charge in [-0.15, -0.1) is 0 Å². The zero-order valence-electron chi connectivity index (χ0n) is 11.1. The molecule has 0 atom stereocenters. The Bertz CT molecular complexity index is 611. The van der Waals surface area contributed by atoms with Crippen molar-refractivity contribution in [1.29, 1.82) is 0 Å². The molecule has 0 aliphatic carbocycles. The standard InChI is InChI=1S/C15H16FN3O/c1-19(14-4-2-3-13(16)9-14)10-11-5-7-12(8-6-11)15(17)18-20/h2-9,20H,10H2,1H3,(H2,17,18). The van der Waals surface area contributed by atoms with E-state index in [1.54, 1.807) is 18.2 Å². The Kier molecular flexibility index (Phi) is 4.20. The van der Waals surface area contributed by atoms with Crippen molar-refractivity contribution in [2.45, 2.75) is 6.54 Å². The zero-order valence-corrected chi connectivity index (χ0v) is 11.1. The van der Waals surface area contributed by atoms with Crippen LogP contribution in [0.25, 0.3) is 0 Å². The van der Waals surface area contributed by atoms with Gasteiger partial charge in [-0.2, -0.15) is 0 Å². The van der Waals surface area contributed by atoms with Gasteiger partial charge >= 0.3 is 0 Å². The topological polar surface area (TPSA) is 61.8 Å². The fourth-order valence-electron chi connectivity index (χ4n) is 1.92. The van der Waals surface area contributed by atoms with Gasteiger partial charge in [0.2, 0.25) is 0 Å². The first-order valence-corrected chi connectivity index (χ1v) is 6.13. The number of oxime groups is 1. The predicted molar refractivity (Wildman–Crippen MR) is 77.5 cm³/mol. The SMILES string of the molecule is CN(Cc1ccc(C(N)=NO)cc1)c1cccc(F)c1. The lowest BCUT2D eigenvalue weighted by molar-refractivity contribution is 0.318. The van der Waals surface area contributed by atoms with E-state index in [9.17, 15) is 4.39 Å². The molecule has 2 rings (SSSR count). The molecular weight excluding hydrogens is 257 g/mol. The first-order valence-electron chi connectivity index (χ1n) is 6.13. The van der Waals surface area contributed by atoms with Crippen LogP contribution in [-0.2, 0) is 6.54 Å². The molecule has 5 heteroatoms. The average molecular weight is 273 g/mol. The van der Waals surface area contributed by atoms with Crippen LogP contribution in [0.4, 0.5) is 10.1 Å². The van der Waals surface area contributed by atoms with Crippen molar-refractivity contribution in [2.75, 3.05) is 11.9 Å². The molecule has 0 bridgehead atoms. The van der Waals surface area contributed by atoms with Gasteiger partial charge in [-0.1, -0.05) is 35.5 Å². The van der Waals surface area contributed by atoms with E-state index in [4.69, 9.17) is 10.9 Å². The van der Waals surface area contributed by atoms with Crippen LogP contribution in [0.5, 0.6) is 0 Å². The molecule has 0 aliphatic heterocycles. The lowest BCUT2D eigenvalue weighted by Crippen LogP contribution is -2.17. The van der Waals surface area contributed by atoms with Crippen molar-refractivity contribution in [1.82, 2.24) is 0 Å². The Balaban J connectivity index is 2.10. The Morgan fingerprint density at radius 2 is 1.95 bits per heavy atom. The number of halogens is 1. The van der Waals surface area contributed by atoms with E-state index in [-0.39, 0.29) is 11.7 Å². The number of hydrogen-bond donors (Lipinski definition) is 2. The maximum absolute atomic E-state index is 13.2. The molecule has 4 nitrogen and oxygen atoms in total. The molecule has 0 spiro atoms. The van der Waals surface area contributed by atoms with Crippen molar-refractivity contribution in [2.24, 2.45) is 10.9 Å². The van der Waals surface area contributed by atoms with Crippen molar-refractivity contribution in [3.8, 4) is 0 Å². The molecular formula is C15H16FN3O. The van der Waals surface area contributed by atoms with Gasteiger partial charge in [-0.3, -0.25) is 0 Å². The van der Waals surface area contributed by atoms with Crippen LogP contribution >= 0.6 is 0 Å². The van der Waals surface area contributed by atoms with E-state index in [1.807, 2.05) is 30.1 Å². The predicted octanol–water partition coefficient (Wildman–Crippen LogP) is 2.56. The maximum atomic E-state index is 13.2. The summed E-state index contributed by atoms with van der Waals surface area (Å²) in [5.41, 5.74) is 8.02. The van der Waals surface area contributed by atoms with Gasteiger partial charge < -0.3 is 15.8 Å². The highest BCUT2D eigenvalue weighted by Crippen LogP contribution is 2.16. The van der Waals surface area contributed by atoms with Gasteiger partial charge in [0.05, 0.1) is 0 Å². The molecule has 0 radical (unpaired) electrons. The Morgan fingerprint density at radius 1 is 1.25 bits per heavy atom. The van der Waals surface area contributed by atoms with Crippen molar-refractivity contribution >= 4 is 11.5 Å². The van der Waals surface area contributed by atoms with Crippen LogP contribution in [0.1, 0.15) is 11.1 Å². The molecule has 2 aromatic carbocycles. The number of rotatable bonds is 4. The summed E-state index contributed by atoms with van der Waals surface area (Å²) >= 11 is 0. The fourth-order valence-corrected chi connectivity index (χ4v) is 1.92. The second-order valence-electron chi connectivity index (χ2n) is 4.52. The summed E-state index contributed by atoms with van der Waals surface area (Å²) in [7, 11) is 1.90. The van der Waals surface area contributed by atoms with Crippen LogP contribution < -0.4 is 10.6 Å². The number of benzene rings is 2. The molecule has 0 saturated carbocycles. The van der Waals surface area contributed by atoms with Crippen LogP contribution in [0, 0.1) is 5.82 Å². The van der Waals surface area contributed by atoms with Crippen LogP contribution in [0.3, 0.4) is 0 Å². The molecule has 20 heavy (non-hydrogen) atoms. The number of hydrogen-bond acceptors (Lipinski definition) is 3. The minimum atomic E-state index is -0.253. The highest BCUT2D eigenvalue weighted by Gasteiger charge is 2.04. The fraction of sp³-hybridized carbons (Fsp3) is 0.133. The Hall–Kier alpha value is -2.56. The Labute approximate surface area is 116 Å². The van der Waals surface area contributed by atoms with Crippen molar-refractivity contribution in [3.63, 3.8) is 0 Å². The summed E-state index contributed by atoms with van der Waals surface area (Å²) in [4.78, 5) is 1.95. The molecule has 104 valence electrons. The molecule has 2 aromatic rings. The van der Waals surface area contributed by atoms with E-state index >= 15 is 0 Å². The maximum Gasteiger partial charge on any atom is 0.170 e. The molecule has 0 saturated heterocycles. The van der Waals surface area contributed by atoms with E-state index in [0.717, 1.165) is 11.3 Å². The highest BCUT2D eigenvalue weighted by atomic mass is 19.1. The molecule has 0 heterocycles. The van der Waals surface area contributed by atoms with Crippen LogP contribution in [0.2, 0.25) is 0 Å². The van der Waals surface area contributed by atoms with E-state index < -0.39 is 0 Å². The summed E-state index contributed by atoms with van der Waals surface area (Å²) in [6, 6.07) is 13.8. The van der Waals surface area contributed by atoms with Gasteiger partial charge in [0.1, 0.15) is 5.82 Å². The summed E-state index contributed by atoms with van der Waals surface area (Å²) in [5.74, 6) is -0.174.